The Balaban J connectivity index is 1.25. The number of aromatic nitrogens is 6. The summed E-state index contributed by atoms with van der Waals surface area (Å²) in [6, 6.07) is 9.76. The number of nitrogens with one attached hydrogen (secondary N) is 2. The van der Waals surface area contributed by atoms with Gasteiger partial charge < -0.3 is 14.6 Å². The highest BCUT2D eigenvalue weighted by Crippen LogP contribution is 2.36. The molecule has 5 heterocycles. The molecule has 2 aliphatic heterocycles. The van der Waals surface area contributed by atoms with Crippen LogP contribution in [-0.2, 0) is 30.2 Å². The van der Waals surface area contributed by atoms with Crippen LogP contribution in [0.5, 0.6) is 0 Å². The molecular weight excluding hydrogens is 504 g/mol. The maximum atomic E-state index is 13.4. The number of nitrogens with zero attached hydrogens (tertiary/aromatic N) is 6. The molecule has 38 heavy (non-hydrogen) atoms. The van der Waals surface area contributed by atoms with Gasteiger partial charge in [-0.05, 0) is 54.6 Å². The zero-order valence-electron chi connectivity index (χ0n) is 21.6. The van der Waals surface area contributed by atoms with Crippen LogP contribution in [0.15, 0.2) is 36.7 Å². The highest BCUT2D eigenvalue weighted by molar-refractivity contribution is 6.33. The van der Waals surface area contributed by atoms with Gasteiger partial charge in [0.2, 0.25) is 0 Å². The van der Waals surface area contributed by atoms with E-state index in [9.17, 15) is 4.79 Å². The largest absolute Gasteiger partial charge is 0.379 e. The molecule has 10 nitrogen and oxygen atoms in total. The molecule has 0 unspecified atom stereocenters. The van der Waals surface area contributed by atoms with Gasteiger partial charge in [-0.3, -0.25) is 14.8 Å². The zero-order valence-corrected chi connectivity index (χ0v) is 22.3. The van der Waals surface area contributed by atoms with E-state index in [4.69, 9.17) is 16.3 Å². The number of amides is 1. The SMILES string of the molecule is C[C@H]1CCCN(Cc2cc(C(=O)Nc3cccc(C4(Cc5nncn5C)COC4)c3)nc3c(Cl)[nH]nc23)C1. The first-order chi connectivity index (χ1) is 18.4. The van der Waals surface area contributed by atoms with Gasteiger partial charge in [-0.1, -0.05) is 30.7 Å². The average Bonchev–Trinajstić information content (AvgIpc) is 3.46. The summed E-state index contributed by atoms with van der Waals surface area (Å²) in [6.07, 6.45) is 4.82. The van der Waals surface area contributed by atoms with E-state index in [1.54, 1.807) is 6.33 Å². The fourth-order valence-electron chi connectivity index (χ4n) is 5.55. The van der Waals surface area contributed by atoms with E-state index in [1.165, 1.54) is 12.8 Å². The Bertz CT molecular complexity index is 1480. The second-order valence-electron chi connectivity index (χ2n) is 10.7. The minimum atomic E-state index is -0.290. The molecule has 0 aliphatic carbocycles. The molecule has 2 fully saturated rings. The molecule has 0 spiro atoms. The number of hydrogen-bond donors (Lipinski definition) is 2. The Morgan fingerprint density at radius 3 is 2.89 bits per heavy atom. The molecule has 2 N–H and O–H groups in total. The Hall–Kier alpha value is -3.34. The molecule has 0 bridgehead atoms. The van der Waals surface area contributed by atoms with Crippen LogP contribution in [-0.4, -0.2) is 67.1 Å². The van der Waals surface area contributed by atoms with Crippen LogP contribution in [0, 0.1) is 5.92 Å². The number of anilines is 1. The van der Waals surface area contributed by atoms with Crippen molar-refractivity contribution < 1.29 is 9.53 Å². The van der Waals surface area contributed by atoms with Gasteiger partial charge in [0.15, 0.2) is 5.15 Å². The lowest BCUT2D eigenvalue weighted by Crippen LogP contribution is -2.49. The van der Waals surface area contributed by atoms with Gasteiger partial charge in [-0.2, -0.15) is 5.10 Å². The Morgan fingerprint density at radius 1 is 1.29 bits per heavy atom. The molecule has 198 valence electrons. The van der Waals surface area contributed by atoms with Gasteiger partial charge in [-0.25, -0.2) is 4.98 Å². The number of fused-ring (bicyclic) bond motifs is 1. The molecule has 6 rings (SSSR count). The first-order valence-electron chi connectivity index (χ1n) is 13.0. The number of H-pyrrole nitrogens is 1. The normalized spacial score (nSPS) is 19.4. The number of carbonyl (C=O) groups excluding carboxylic acids is 1. The third-order valence-electron chi connectivity index (χ3n) is 7.70. The van der Waals surface area contributed by atoms with E-state index in [0.717, 1.165) is 30.0 Å². The van der Waals surface area contributed by atoms with Crippen molar-refractivity contribution in [1.29, 1.82) is 0 Å². The molecule has 1 amide bonds. The van der Waals surface area contributed by atoms with Crippen molar-refractivity contribution in [2.45, 2.75) is 38.1 Å². The summed E-state index contributed by atoms with van der Waals surface area (Å²) in [5, 5.41) is 18.8. The molecule has 1 atom stereocenters. The van der Waals surface area contributed by atoms with E-state index >= 15 is 0 Å². The van der Waals surface area contributed by atoms with Gasteiger partial charge in [0.1, 0.15) is 28.9 Å². The molecule has 2 saturated heterocycles. The maximum absolute atomic E-state index is 13.4. The van der Waals surface area contributed by atoms with E-state index in [2.05, 4.69) is 48.6 Å². The van der Waals surface area contributed by atoms with Crippen molar-refractivity contribution in [3.8, 4) is 0 Å². The van der Waals surface area contributed by atoms with Gasteiger partial charge in [0, 0.05) is 37.7 Å². The number of benzene rings is 1. The highest BCUT2D eigenvalue weighted by atomic mass is 35.5. The van der Waals surface area contributed by atoms with Crippen molar-refractivity contribution in [1.82, 2.24) is 34.8 Å². The summed E-state index contributed by atoms with van der Waals surface area (Å²) in [7, 11) is 1.94. The minimum Gasteiger partial charge on any atom is -0.379 e. The van der Waals surface area contributed by atoms with Crippen LogP contribution in [0.2, 0.25) is 5.15 Å². The topological polar surface area (TPSA) is 114 Å². The zero-order chi connectivity index (χ0) is 26.3. The summed E-state index contributed by atoms with van der Waals surface area (Å²) in [6.45, 7) is 6.21. The highest BCUT2D eigenvalue weighted by Gasteiger charge is 2.41. The number of aryl methyl sites for hydroxylation is 1. The summed E-state index contributed by atoms with van der Waals surface area (Å²) in [5.74, 6) is 1.26. The quantitative estimate of drug-likeness (QED) is 0.371. The van der Waals surface area contributed by atoms with Crippen LogP contribution in [0.25, 0.3) is 11.0 Å². The Kier molecular flexibility index (Phi) is 6.63. The van der Waals surface area contributed by atoms with Gasteiger partial charge in [-0.15, -0.1) is 10.2 Å². The van der Waals surface area contributed by atoms with Crippen LogP contribution in [0.3, 0.4) is 0 Å². The van der Waals surface area contributed by atoms with E-state index in [0.29, 0.717) is 59.7 Å². The van der Waals surface area contributed by atoms with E-state index < -0.39 is 0 Å². The summed E-state index contributed by atoms with van der Waals surface area (Å²) in [5.41, 5.74) is 4.06. The van der Waals surface area contributed by atoms with Crippen molar-refractivity contribution >= 4 is 34.2 Å². The van der Waals surface area contributed by atoms with Crippen LogP contribution in [0.1, 0.15) is 47.2 Å². The number of aromatic amines is 1. The maximum Gasteiger partial charge on any atom is 0.274 e. The fourth-order valence-corrected chi connectivity index (χ4v) is 5.72. The van der Waals surface area contributed by atoms with Crippen LogP contribution < -0.4 is 5.32 Å². The van der Waals surface area contributed by atoms with Crippen molar-refractivity contribution in [3.05, 3.63) is 64.5 Å². The number of likely N-dealkylation sites (tertiary alicyclic amines) is 1. The van der Waals surface area contributed by atoms with Crippen molar-refractivity contribution in [3.63, 3.8) is 0 Å². The smallest absolute Gasteiger partial charge is 0.274 e. The lowest BCUT2D eigenvalue weighted by atomic mass is 9.75. The first kappa shape index (κ1) is 25.0. The third-order valence-corrected chi connectivity index (χ3v) is 7.97. The van der Waals surface area contributed by atoms with Crippen molar-refractivity contribution in [2.24, 2.45) is 13.0 Å². The number of carbonyl (C=O) groups is 1. The first-order valence-corrected chi connectivity index (χ1v) is 13.4. The Morgan fingerprint density at radius 2 is 2.16 bits per heavy atom. The molecule has 2 aliphatic rings. The monoisotopic (exact) mass is 534 g/mol. The molecule has 0 radical (unpaired) electrons. The molecular formula is C27H31ClN8O2. The lowest BCUT2D eigenvalue weighted by molar-refractivity contribution is -0.0610. The van der Waals surface area contributed by atoms with E-state index in [1.807, 2.05) is 35.9 Å². The number of hydrogen-bond acceptors (Lipinski definition) is 7. The standard InChI is InChI=1S/C27H31ClN8O2/c1-17-5-4-8-36(12-17)13-18-9-21(31-24-23(18)33-34-25(24)28)26(37)30-20-7-3-6-19(10-20)27(14-38-15-27)11-22-32-29-16-35(22)2/h3,6-7,9-10,16-17H,4-5,8,11-15H2,1-2H3,(H,30,37)(H,33,34)/t17-/m0/s1. The predicted octanol–water partition coefficient (Wildman–Crippen LogP) is 3.73. The number of rotatable bonds is 7. The fraction of sp³-hybridized carbons (Fsp3) is 0.444. The molecule has 3 aromatic heterocycles. The third kappa shape index (κ3) is 4.79. The van der Waals surface area contributed by atoms with Crippen molar-refractivity contribution in [2.75, 3.05) is 31.6 Å². The van der Waals surface area contributed by atoms with Crippen LogP contribution >= 0.6 is 11.6 Å². The number of piperidine rings is 1. The molecule has 0 saturated carbocycles. The second-order valence-corrected chi connectivity index (χ2v) is 11.1. The summed E-state index contributed by atoms with van der Waals surface area (Å²) >= 11 is 6.36. The Labute approximate surface area is 225 Å². The average molecular weight is 535 g/mol. The van der Waals surface area contributed by atoms with Gasteiger partial charge >= 0.3 is 0 Å². The molecule has 1 aromatic carbocycles. The van der Waals surface area contributed by atoms with E-state index in [-0.39, 0.29) is 11.3 Å². The lowest BCUT2D eigenvalue weighted by Gasteiger charge is -2.41. The van der Waals surface area contributed by atoms with Gasteiger partial charge in [0.05, 0.1) is 13.2 Å². The predicted molar refractivity (Wildman–Crippen MR) is 144 cm³/mol. The number of halogens is 1. The second kappa shape index (κ2) is 10.1. The number of ether oxygens (including phenoxy) is 1. The minimum absolute atomic E-state index is 0.207. The number of pyridine rings is 1. The van der Waals surface area contributed by atoms with Crippen LogP contribution in [0.4, 0.5) is 5.69 Å². The molecule has 4 aromatic rings. The molecule has 11 heteroatoms. The summed E-state index contributed by atoms with van der Waals surface area (Å²) < 4.78 is 7.55. The summed E-state index contributed by atoms with van der Waals surface area (Å²) in [4.78, 5) is 20.4. The van der Waals surface area contributed by atoms with Gasteiger partial charge in [0.25, 0.3) is 5.91 Å².